The number of thiophene rings is 1. The molecule has 0 atom stereocenters. The van der Waals surface area contributed by atoms with Gasteiger partial charge < -0.3 is 5.32 Å². The maximum absolute atomic E-state index is 12.5. The zero-order valence-electron chi connectivity index (χ0n) is 12.3. The van der Waals surface area contributed by atoms with E-state index >= 15 is 0 Å². The van der Waals surface area contributed by atoms with Gasteiger partial charge in [-0.05, 0) is 12.1 Å². The van der Waals surface area contributed by atoms with Crippen molar-refractivity contribution in [1.82, 2.24) is 9.55 Å². The van der Waals surface area contributed by atoms with E-state index in [2.05, 4.69) is 16.9 Å². The molecule has 1 aromatic carbocycles. The first-order valence-electron chi connectivity index (χ1n) is 6.82. The lowest BCUT2D eigenvalue weighted by Gasteiger charge is -2.07. The Bertz CT molecular complexity index is 962. The largest absolute Gasteiger partial charge is 0.352 e. The maximum atomic E-state index is 12.5. The summed E-state index contributed by atoms with van der Waals surface area (Å²) in [6.45, 7) is 4.18. The van der Waals surface area contributed by atoms with E-state index in [0.717, 1.165) is 10.4 Å². The van der Waals surface area contributed by atoms with Crippen molar-refractivity contribution in [3.05, 3.63) is 57.3 Å². The van der Waals surface area contributed by atoms with Crippen LogP contribution in [0.1, 0.15) is 0 Å². The number of nitrogens with one attached hydrogen (secondary N) is 1. The van der Waals surface area contributed by atoms with E-state index in [-0.39, 0.29) is 5.56 Å². The Morgan fingerprint density at radius 1 is 1.43 bits per heavy atom. The molecule has 0 bridgehead atoms. The number of anilines is 1. The van der Waals surface area contributed by atoms with Crippen LogP contribution in [0.4, 0.5) is 5.95 Å². The molecule has 3 rings (SSSR count). The minimum atomic E-state index is -0.101. The lowest BCUT2D eigenvalue weighted by atomic mass is 10.2. The molecule has 0 unspecified atom stereocenters. The van der Waals surface area contributed by atoms with Gasteiger partial charge in [-0.2, -0.15) is 0 Å². The molecule has 3 aromatic rings. The topological polar surface area (TPSA) is 46.9 Å². The van der Waals surface area contributed by atoms with Gasteiger partial charge >= 0.3 is 0 Å². The van der Waals surface area contributed by atoms with Crippen molar-refractivity contribution in [2.24, 2.45) is 7.05 Å². The third kappa shape index (κ3) is 2.87. The molecular formula is C16H13Cl2N3OS. The summed E-state index contributed by atoms with van der Waals surface area (Å²) in [4.78, 5) is 17.9. The first kappa shape index (κ1) is 16.1. The molecule has 0 aliphatic carbocycles. The van der Waals surface area contributed by atoms with Crippen LogP contribution in [-0.2, 0) is 7.05 Å². The normalized spacial score (nSPS) is 10.9. The summed E-state index contributed by atoms with van der Waals surface area (Å²) in [7, 11) is 1.69. The van der Waals surface area contributed by atoms with Crippen molar-refractivity contribution in [2.75, 3.05) is 11.9 Å². The molecule has 118 valence electrons. The monoisotopic (exact) mass is 365 g/mol. The van der Waals surface area contributed by atoms with E-state index in [0.29, 0.717) is 32.8 Å². The Morgan fingerprint density at radius 3 is 2.96 bits per heavy atom. The number of benzene rings is 1. The highest BCUT2D eigenvalue weighted by atomic mass is 35.5. The molecular weight excluding hydrogens is 353 g/mol. The van der Waals surface area contributed by atoms with Crippen LogP contribution >= 0.6 is 34.5 Å². The van der Waals surface area contributed by atoms with Gasteiger partial charge in [0.15, 0.2) is 0 Å². The fraction of sp³-hybridized carbons (Fsp3) is 0.125. The molecule has 0 radical (unpaired) electrons. The first-order chi connectivity index (χ1) is 11.0. The minimum absolute atomic E-state index is 0.101. The van der Waals surface area contributed by atoms with Crippen molar-refractivity contribution in [3.63, 3.8) is 0 Å². The van der Waals surface area contributed by atoms with Gasteiger partial charge in [0.1, 0.15) is 4.70 Å². The van der Waals surface area contributed by atoms with Crippen LogP contribution in [0.15, 0.2) is 41.7 Å². The number of fused-ring (bicyclic) bond motifs is 1. The number of halogens is 2. The minimum Gasteiger partial charge on any atom is -0.352 e. The maximum Gasteiger partial charge on any atom is 0.272 e. The standard InChI is InChI=1S/C16H13Cl2N3OS/c1-3-7-19-16-20-11-8-12(23-14(11)15(22)21(16)2)9-5-4-6-10(17)13(9)18/h3-6,8H,1,7H2,2H3,(H,19,20). The second-order valence-electron chi connectivity index (χ2n) is 4.90. The number of hydrogen-bond donors (Lipinski definition) is 1. The van der Waals surface area contributed by atoms with Gasteiger partial charge in [-0.1, -0.05) is 41.4 Å². The lowest BCUT2D eigenvalue weighted by molar-refractivity contribution is 0.849. The quantitative estimate of drug-likeness (QED) is 0.689. The Labute approximate surface area is 147 Å². The third-order valence-electron chi connectivity index (χ3n) is 3.38. The predicted molar refractivity (Wildman–Crippen MR) is 99.0 cm³/mol. The second-order valence-corrected chi connectivity index (χ2v) is 6.73. The molecule has 0 spiro atoms. The van der Waals surface area contributed by atoms with Gasteiger partial charge in [-0.25, -0.2) is 4.98 Å². The molecule has 0 aliphatic heterocycles. The smallest absolute Gasteiger partial charge is 0.272 e. The average Bonchev–Trinajstić information content (AvgIpc) is 2.96. The average molecular weight is 366 g/mol. The van der Waals surface area contributed by atoms with E-state index in [1.54, 1.807) is 19.2 Å². The van der Waals surface area contributed by atoms with Crippen molar-refractivity contribution < 1.29 is 0 Å². The summed E-state index contributed by atoms with van der Waals surface area (Å²) in [6.07, 6.45) is 1.71. The van der Waals surface area contributed by atoms with Gasteiger partial charge in [-0.3, -0.25) is 9.36 Å². The highest BCUT2D eigenvalue weighted by Crippen LogP contribution is 2.38. The molecule has 4 nitrogen and oxygen atoms in total. The van der Waals surface area contributed by atoms with E-state index in [1.165, 1.54) is 15.9 Å². The summed E-state index contributed by atoms with van der Waals surface area (Å²) in [5.41, 5.74) is 1.33. The molecule has 2 heterocycles. The molecule has 23 heavy (non-hydrogen) atoms. The SMILES string of the molecule is C=CCNc1nc2cc(-c3cccc(Cl)c3Cl)sc2c(=O)n1C. The molecule has 0 aliphatic rings. The summed E-state index contributed by atoms with van der Waals surface area (Å²) < 4.78 is 2.08. The van der Waals surface area contributed by atoms with Crippen molar-refractivity contribution in [1.29, 1.82) is 0 Å². The van der Waals surface area contributed by atoms with Gasteiger partial charge in [-0.15, -0.1) is 17.9 Å². The number of rotatable bonds is 4. The van der Waals surface area contributed by atoms with Gasteiger partial charge in [0.25, 0.3) is 5.56 Å². The fourth-order valence-electron chi connectivity index (χ4n) is 2.20. The van der Waals surface area contributed by atoms with E-state index in [9.17, 15) is 4.79 Å². The molecule has 0 fully saturated rings. The van der Waals surface area contributed by atoms with Crippen LogP contribution in [0.3, 0.4) is 0 Å². The van der Waals surface area contributed by atoms with Crippen molar-refractivity contribution in [2.45, 2.75) is 0 Å². The first-order valence-corrected chi connectivity index (χ1v) is 8.40. The van der Waals surface area contributed by atoms with Gasteiger partial charge in [0.05, 0.1) is 15.6 Å². The molecule has 2 aromatic heterocycles. The Morgan fingerprint density at radius 2 is 2.22 bits per heavy atom. The number of aromatic nitrogens is 2. The number of nitrogens with zero attached hydrogens (tertiary/aromatic N) is 2. The molecule has 0 saturated heterocycles. The Kier molecular flexibility index (Phi) is 4.43. The zero-order chi connectivity index (χ0) is 16.6. The van der Waals surface area contributed by atoms with E-state index in [1.807, 2.05) is 18.2 Å². The van der Waals surface area contributed by atoms with Crippen LogP contribution in [-0.4, -0.2) is 16.1 Å². The van der Waals surface area contributed by atoms with E-state index < -0.39 is 0 Å². The molecule has 7 heteroatoms. The summed E-state index contributed by atoms with van der Waals surface area (Å²) >= 11 is 13.7. The van der Waals surface area contributed by atoms with Crippen LogP contribution in [0.5, 0.6) is 0 Å². The number of hydrogen-bond acceptors (Lipinski definition) is 4. The fourth-order valence-corrected chi connectivity index (χ4v) is 3.77. The molecule has 0 saturated carbocycles. The molecule has 0 amide bonds. The summed E-state index contributed by atoms with van der Waals surface area (Å²) in [6, 6.07) is 7.30. The van der Waals surface area contributed by atoms with Crippen LogP contribution in [0, 0.1) is 0 Å². The summed E-state index contributed by atoms with van der Waals surface area (Å²) in [5.74, 6) is 0.504. The highest BCUT2D eigenvalue weighted by molar-refractivity contribution is 7.22. The second kappa shape index (κ2) is 6.35. The van der Waals surface area contributed by atoms with Gasteiger partial charge in [0, 0.05) is 24.0 Å². The highest BCUT2D eigenvalue weighted by Gasteiger charge is 2.15. The Hall–Kier alpha value is -1.82. The van der Waals surface area contributed by atoms with Crippen LogP contribution in [0.2, 0.25) is 10.0 Å². The van der Waals surface area contributed by atoms with Crippen LogP contribution < -0.4 is 10.9 Å². The third-order valence-corrected chi connectivity index (χ3v) is 5.34. The van der Waals surface area contributed by atoms with Gasteiger partial charge in [0.2, 0.25) is 5.95 Å². The Balaban J connectivity index is 2.19. The van der Waals surface area contributed by atoms with Crippen molar-refractivity contribution >= 4 is 50.7 Å². The van der Waals surface area contributed by atoms with Crippen LogP contribution in [0.25, 0.3) is 20.7 Å². The predicted octanol–water partition coefficient (Wildman–Crippen LogP) is 4.57. The van der Waals surface area contributed by atoms with E-state index in [4.69, 9.17) is 23.2 Å². The zero-order valence-corrected chi connectivity index (χ0v) is 14.6. The molecule has 1 N–H and O–H groups in total. The summed E-state index contributed by atoms with van der Waals surface area (Å²) in [5, 5.41) is 4.01. The lowest BCUT2D eigenvalue weighted by Crippen LogP contribution is -2.21. The van der Waals surface area contributed by atoms with Crippen molar-refractivity contribution in [3.8, 4) is 10.4 Å².